The summed E-state index contributed by atoms with van der Waals surface area (Å²) in [5.41, 5.74) is 6.62. The minimum atomic E-state index is -0.389. The van der Waals surface area contributed by atoms with Crippen molar-refractivity contribution in [2.24, 2.45) is 5.73 Å². The van der Waals surface area contributed by atoms with E-state index >= 15 is 0 Å². The average Bonchev–Trinajstić information content (AvgIpc) is 2.39. The summed E-state index contributed by atoms with van der Waals surface area (Å²) in [5, 5.41) is 0. The van der Waals surface area contributed by atoms with E-state index in [2.05, 4.69) is 23.8 Å². The second-order valence-corrected chi connectivity index (χ2v) is 4.80. The second-order valence-electron chi connectivity index (χ2n) is 4.80. The normalized spacial score (nSPS) is 16.3. The van der Waals surface area contributed by atoms with E-state index in [1.54, 1.807) is 0 Å². The average molecular weight is 251 g/mol. The third-order valence-corrected chi connectivity index (χ3v) is 3.34. The van der Waals surface area contributed by atoms with Gasteiger partial charge in [0.25, 0.3) is 0 Å². The van der Waals surface area contributed by atoms with Gasteiger partial charge in [-0.25, -0.2) is 9.97 Å². The van der Waals surface area contributed by atoms with E-state index in [1.165, 1.54) is 0 Å². The lowest BCUT2D eigenvalue weighted by Crippen LogP contribution is -2.28. The van der Waals surface area contributed by atoms with Crippen LogP contribution in [0.2, 0.25) is 0 Å². The summed E-state index contributed by atoms with van der Waals surface area (Å²) in [4.78, 5) is 8.87. The number of hydrogen-bond donors (Lipinski definition) is 1. The van der Waals surface area contributed by atoms with Crippen molar-refractivity contribution in [2.75, 3.05) is 6.61 Å². The molecule has 1 aromatic heterocycles. The van der Waals surface area contributed by atoms with E-state index in [-0.39, 0.29) is 11.6 Å². The van der Waals surface area contributed by atoms with Gasteiger partial charge in [-0.2, -0.15) is 0 Å². The summed E-state index contributed by atoms with van der Waals surface area (Å²) in [5.74, 6) is 0.751. The fourth-order valence-electron chi connectivity index (χ4n) is 1.82. The van der Waals surface area contributed by atoms with Crippen molar-refractivity contribution in [2.45, 2.75) is 58.6 Å². The molecule has 0 spiro atoms. The van der Waals surface area contributed by atoms with Gasteiger partial charge in [0.2, 0.25) is 0 Å². The predicted molar refractivity (Wildman–Crippen MR) is 73.3 cm³/mol. The number of nitrogens with two attached hydrogens (primary N) is 1. The maximum Gasteiger partial charge on any atom is 0.159 e. The van der Waals surface area contributed by atoms with Gasteiger partial charge in [-0.05, 0) is 38.7 Å². The lowest BCUT2D eigenvalue weighted by atomic mass is 10.0. The van der Waals surface area contributed by atoms with Crippen LogP contribution in [0.25, 0.3) is 0 Å². The van der Waals surface area contributed by atoms with Gasteiger partial charge in [-0.1, -0.05) is 13.8 Å². The molecule has 0 amide bonds. The van der Waals surface area contributed by atoms with Gasteiger partial charge < -0.3 is 10.5 Å². The highest BCUT2D eigenvalue weighted by Crippen LogP contribution is 2.25. The highest BCUT2D eigenvalue weighted by atomic mass is 16.5. The van der Waals surface area contributed by atoms with Crippen molar-refractivity contribution < 1.29 is 4.74 Å². The molecule has 1 rings (SSSR count). The molecule has 0 aromatic carbocycles. The Kier molecular flexibility index (Phi) is 5.69. The zero-order chi connectivity index (χ0) is 13.6. The molecule has 0 saturated heterocycles. The van der Waals surface area contributed by atoms with Crippen LogP contribution in [0.4, 0.5) is 0 Å². The van der Waals surface area contributed by atoms with Crippen molar-refractivity contribution in [3.63, 3.8) is 0 Å². The third kappa shape index (κ3) is 3.75. The van der Waals surface area contributed by atoms with Crippen LogP contribution in [-0.2, 0) is 16.8 Å². The third-order valence-electron chi connectivity index (χ3n) is 3.34. The van der Waals surface area contributed by atoms with Gasteiger partial charge in [0, 0.05) is 25.0 Å². The molecule has 0 saturated carbocycles. The largest absolute Gasteiger partial charge is 0.368 e. The quantitative estimate of drug-likeness (QED) is 0.808. The predicted octanol–water partition coefficient (Wildman–Crippen LogP) is 2.42. The zero-order valence-electron chi connectivity index (χ0n) is 11.9. The van der Waals surface area contributed by atoms with Crippen LogP contribution in [-0.4, -0.2) is 22.6 Å². The van der Waals surface area contributed by atoms with Gasteiger partial charge in [0.15, 0.2) is 5.82 Å². The number of hydrogen-bond acceptors (Lipinski definition) is 4. The smallest absolute Gasteiger partial charge is 0.159 e. The maximum atomic E-state index is 5.92. The molecule has 1 aromatic rings. The molecule has 18 heavy (non-hydrogen) atoms. The van der Waals surface area contributed by atoms with E-state index in [1.807, 2.05) is 26.2 Å². The van der Waals surface area contributed by atoms with Crippen LogP contribution in [0.5, 0.6) is 0 Å². The molecule has 0 fully saturated rings. The molecule has 0 aliphatic carbocycles. The number of rotatable bonds is 7. The summed E-state index contributed by atoms with van der Waals surface area (Å²) in [6.45, 7) is 8.85. The van der Waals surface area contributed by atoms with Crippen LogP contribution in [0, 0.1) is 0 Å². The summed E-state index contributed by atoms with van der Waals surface area (Å²) in [6.07, 6.45) is 6.38. The molecule has 4 heteroatoms. The van der Waals surface area contributed by atoms with Gasteiger partial charge in [-0.15, -0.1) is 0 Å². The minimum Gasteiger partial charge on any atom is -0.368 e. The molecule has 4 nitrogen and oxygen atoms in total. The first kappa shape index (κ1) is 15.1. The maximum absolute atomic E-state index is 5.92. The molecule has 2 atom stereocenters. The number of ether oxygens (including phenoxy) is 1. The van der Waals surface area contributed by atoms with Crippen molar-refractivity contribution in [1.29, 1.82) is 0 Å². The van der Waals surface area contributed by atoms with Crippen LogP contribution >= 0.6 is 0 Å². The summed E-state index contributed by atoms with van der Waals surface area (Å²) < 4.78 is 5.76. The van der Waals surface area contributed by atoms with Crippen molar-refractivity contribution in [3.05, 3.63) is 23.8 Å². The van der Waals surface area contributed by atoms with Crippen molar-refractivity contribution in [1.82, 2.24) is 9.97 Å². The molecule has 2 N–H and O–H groups in total. The molecule has 0 bridgehead atoms. The van der Waals surface area contributed by atoms with Crippen molar-refractivity contribution in [3.8, 4) is 0 Å². The Morgan fingerprint density at radius 1 is 1.28 bits per heavy atom. The topological polar surface area (TPSA) is 61.0 Å². The molecule has 0 radical (unpaired) electrons. The standard InChI is InChI=1S/C14H25N3O/c1-5-12(15)8-11-9-16-13(17-10-11)14(4,6-2)18-7-3/h9-10,12H,5-8,15H2,1-4H3. The van der Waals surface area contributed by atoms with E-state index in [4.69, 9.17) is 10.5 Å². The van der Waals surface area contributed by atoms with Gasteiger partial charge >= 0.3 is 0 Å². The Hall–Kier alpha value is -1.00. The highest BCUT2D eigenvalue weighted by molar-refractivity contribution is 5.10. The molecule has 1 heterocycles. The molecular weight excluding hydrogens is 226 g/mol. The number of nitrogens with zero attached hydrogens (tertiary/aromatic N) is 2. The Labute approximate surface area is 110 Å². The fourth-order valence-corrected chi connectivity index (χ4v) is 1.82. The Morgan fingerprint density at radius 3 is 2.33 bits per heavy atom. The Bertz CT molecular complexity index is 353. The van der Waals surface area contributed by atoms with Crippen LogP contribution in [0.15, 0.2) is 12.4 Å². The molecular formula is C14H25N3O. The van der Waals surface area contributed by atoms with E-state index in [9.17, 15) is 0 Å². The molecule has 102 valence electrons. The van der Waals surface area contributed by atoms with Crippen LogP contribution in [0.1, 0.15) is 51.9 Å². The van der Waals surface area contributed by atoms with Crippen LogP contribution in [0.3, 0.4) is 0 Å². The molecule has 0 aliphatic rings. The monoisotopic (exact) mass is 251 g/mol. The van der Waals surface area contributed by atoms with E-state index in [0.717, 1.165) is 30.7 Å². The number of aromatic nitrogens is 2. The van der Waals surface area contributed by atoms with Gasteiger partial charge in [0.05, 0.1) is 0 Å². The summed E-state index contributed by atoms with van der Waals surface area (Å²) in [6, 6.07) is 0.184. The Morgan fingerprint density at radius 2 is 1.89 bits per heavy atom. The minimum absolute atomic E-state index is 0.184. The SMILES string of the molecule is CCOC(C)(CC)c1ncc(CC(N)CC)cn1. The Balaban J connectivity index is 2.81. The molecule has 0 aliphatic heterocycles. The van der Waals surface area contributed by atoms with E-state index in [0.29, 0.717) is 6.61 Å². The van der Waals surface area contributed by atoms with Gasteiger partial charge in [-0.3, -0.25) is 0 Å². The van der Waals surface area contributed by atoms with E-state index < -0.39 is 0 Å². The van der Waals surface area contributed by atoms with Crippen molar-refractivity contribution >= 4 is 0 Å². The molecule has 2 unspecified atom stereocenters. The fraction of sp³-hybridized carbons (Fsp3) is 0.714. The summed E-state index contributed by atoms with van der Waals surface area (Å²) >= 11 is 0. The first-order chi connectivity index (χ1) is 8.55. The zero-order valence-corrected chi connectivity index (χ0v) is 11.9. The second kappa shape index (κ2) is 6.81. The first-order valence-corrected chi connectivity index (χ1v) is 6.76. The van der Waals surface area contributed by atoms with Gasteiger partial charge in [0.1, 0.15) is 5.60 Å². The summed E-state index contributed by atoms with van der Waals surface area (Å²) in [7, 11) is 0. The lowest BCUT2D eigenvalue weighted by molar-refractivity contribution is -0.0390. The van der Waals surface area contributed by atoms with Crippen LogP contribution < -0.4 is 5.73 Å². The highest BCUT2D eigenvalue weighted by Gasteiger charge is 2.27. The lowest BCUT2D eigenvalue weighted by Gasteiger charge is -2.26. The first-order valence-electron chi connectivity index (χ1n) is 6.76.